The van der Waals surface area contributed by atoms with Gasteiger partial charge in [-0.05, 0) is 20.3 Å². The minimum absolute atomic E-state index is 0.594. The first-order valence-electron chi connectivity index (χ1n) is 6.78. The fraction of sp³-hybridized carbons (Fsp3) is 0.429. The minimum Gasteiger partial charge on any atom is -0.364 e. The maximum atomic E-state index is 4.42. The lowest BCUT2D eigenvalue weighted by molar-refractivity contribution is 0.937. The van der Waals surface area contributed by atoms with Gasteiger partial charge in [0.15, 0.2) is 0 Å². The van der Waals surface area contributed by atoms with Gasteiger partial charge in [-0.1, -0.05) is 6.92 Å². The molecule has 0 spiro atoms. The Balaban J connectivity index is 2.01. The van der Waals surface area contributed by atoms with Crippen molar-refractivity contribution in [2.24, 2.45) is 0 Å². The molecule has 2 N–H and O–H groups in total. The highest BCUT2D eigenvalue weighted by Crippen LogP contribution is 2.10. The number of nitrogens with zero attached hydrogens (tertiary/aromatic N) is 4. The molecule has 2 rings (SSSR count). The van der Waals surface area contributed by atoms with E-state index in [2.05, 4.69) is 37.5 Å². The molecule has 2 heterocycles. The van der Waals surface area contributed by atoms with E-state index in [4.69, 9.17) is 0 Å². The highest BCUT2D eigenvalue weighted by atomic mass is 15.1. The summed E-state index contributed by atoms with van der Waals surface area (Å²) in [6.45, 7) is 7.45. The zero-order valence-corrected chi connectivity index (χ0v) is 12.1. The van der Waals surface area contributed by atoms with Crippen LogP contribution in [0.2, 0.25) is 0 Å². The molecule has 106 valence electrons. The summed E-state index contributed by atoms with van der Waals surface area (Å²) in [5.41, 5.74) is 2.73. The summed E-state index contributed by atoms with van der Waals surface area (Å²) in [5.74, 6) is 1.45. The molecule has 0 aliphatic heterocycles. The molecule has 0 radical (unpaired) electrons. The van der Waals surface area contributed by atoms with Gasteiger partial charge in [-0.15, -0.1) is 0 Å². The van der Waals surface area contributed by atoms with Crippen LogP contribution in [0.15, 0.2) is 18.5 Å². The van der Waals surface area contributed by atoms with Gasteiger partial charge in [-0.2, -0.15) is 4.98 Å². The molecule has 6 heteroatoms. The third kappa shape index (κ3) is 4.15. The van der Waals surface area contributed by atoms with E-state index in [1.54, 1.807) is 12.4 Å². The molecule has 6 nitrogen and oxygen atoms in total. The predicted molar refractivity (Wildman–Crippen MR) is 79.6 cm³/mol. The van der Waals surface area contributed by atoms with Gasteiger partial charge in [0.1, 0.15) is 5.82 Å². The lowest BCUT2D eigenvalue weighted by atomic mass is 10.4. The van der Waals surface area contributed by atoms with E-state index in [1.807, 2.05) is 19.9 Å². The number of aryl methyl sites for hydroxylation is 2. The number of rotatable bonds is 6. The van der Waals surface area contributed by atoms with E-state index in [0.29, 0.717) is 12.5 Å². The van der Waals surface area contributed by atoms with Gasteiger partial charge in [0.05, 0.1) is 24.1 Å². The van der Waals surface area contributed by atoms with Crippen LogP contribution in [0.4, 0.5) is 11.8 Å². The average Bonchev–Trinajstić information content (AvgIpc) is 2.44. The second-order valence-electron chi connectivity index (χ2n) is 4.65. The minimum atomic E-state index is 0.594. The van der Waals surface area contributed by atoms with Gasteiger partial charge in [0.2, 0.25) is 5.95 Å². The molecule has 0 aliphatic rings. The van der Waals surface area contributed by atoms with Gasteiger partial charge < -0.3 is 10.6 Å². The van der Waals surface area contributed by atoms with Crippen molar-refractivity contribution in [3.63, 3.8) is 0 Å². The van der Waals surface area contributed by atoms with Crippen molar-refractivity contribution in [3.05, 3.63) is 35.5 Å². The molecule has 2 aromatic rings. The number of anilines is 2. The molecule has 20 heavy (non-hydrogen) atoms. The maximum absolute atomic E-state index is 4.42. The molecule has 0 aliphatic carbocycles. The summed E-state index contributed by atoms with van der Waals surface area (Å²) in [6, 6.07) is 1.92. The second-order valence-corrected chi connectivity index (χ2v) is 4.65. The Hall–Kier alpha value is -2.24. The highest BCUT2D eigenvalue weighted by molar-refractivity contribution is 5.42. The van der Waals surface area contributed by atoms with Gasteiger partial charge in [-0.3, -0.25) is 9.97 Å². The van der Waals surface area contributed by atoms with E-state index in [0.717, 1.165) is 35.9 Å². The number of aromatic nitrogens is 4. The van der Waals surface area contributed by atoms with Gasteiger partial charge >= 0.3 is 0 Å². The highest BCUT2D eigenvalue weighted by Gasteiger charge is 2.02. The van der Waals surface area contributed by atoms with Crippen molar-refractivity contribution in [2.45, 2.75) is 33.7 Å². The first-order valence-corrected chi connectivity index (χ1v) is 6.78. The zero-order chi connectivity index (χ0) is 14.4. The van der Waals surface area contributed by atoms with Gasteiger partial charge in [-0.25, -0.2) is 4.98 Å². The van der Waals surface area contributed by atoms with Crippen LogP contribution in [0.5, 0.6) is 0 Å². The summed E-state index contributed by atoms with van der Waals surface area (Å²) in [5, 5.41) is 6.44. The fourth-order valence-electron chi connectivity index (χ4n) is 1.67. The van der Waals surface area contributed by atoms with E-state index < -0.39 is 0 Å². The Labute approximate surface area is 119 Å². The molecule has 0 unspecified atom stereocenters. The monoisotopic (exact) mass is 272 g/mol. The standard InChI is InChI=1S/C14H20N6/c1-4-5-15-14-19-10(2)6-13(20-14)18-9-12-8-16-11(3)7-17-12/h6-8H,4-5,9H2,1-3H3,(H2,15,18,19,20). The molecular weight excluding hydrogens is 252 g/mol. The summed E-state index contributed by atoms with van der Waals surface area (Å²) in [7, 11) is 0. The normalized spacial score (nSPS) is 10.3. The number of hydrogen-bond donors (Lipinski definition) is 2. The van der Waals surface area contributed by atoms with E-state index in [-0.39, 0.29) is 0 Å². The Morgan fingerprint density at radius 1 is 1.00 bits per heavy atom. The van der Waals surface area contributed by atoms with Crippen LogP contribution in [-0.2, 0) is 6.54 Å². The van der Waals surface area contributed by atoms with Crippen LogP contribution < -0.4 is 10.6 Å². The summed E-state index contributed by atoms with van der Waals surface area (Å²) in [4.78, 5) is 17.3. The Kier molecular flexibility index (Phi) is 4.81. The van der Waals surface area contributed by atoms with E-state index >= 15 is 0 Å². The van der Waals surface area contributed by atoms with Crippen LogP contribution in [0.25, 0.3) is 0 Å². The van der Waals surface area contributed by atoms with Gasteiger partial charge in [0, 0.05) is 24.5 Å². The van der Waals surface area contributed by atoms with Crippen LogP contribution in [0.3, 0.4) is 0 Å². The SMILES string of the molecule is CCCNc1nc(C)cc(NCc2cnc(C)cn2)n1. The Morgan fingerprint density at radius 2 is 1.85 bits per heavy atom. The molecule has 0 saturated carbocycles. The molecule has 0 amide bonds. The third-order valence-corrected chi connectivity index (χ3v) is 2.67. The van der Waals surface area contributed by atoms with Crippen molar-refractivity contribution in [2.75, 3.05) is 17.2 Å². The molecule has 0 fully saturated rings. The largest absolute Gasteiger partial charge is 0.364 e. The predicted octanol–water partition coefficient (Wildman–Crippen LogP) is 2.32. The zero-order valence-electron chi connectivity index (χ0n) is 12.1. The van der Waals surface area contributed by atoms with E-state index in [9.17, 15) is 0 Å². The summed E-state index contributed by atoms with van der Waals surface area (Å²) in [6.07, 6.45) is 4.57. The van der Waals surface area contributed by atoms with Crippen molar-refractivity contribution in [3.8, 4) is 0 Å². The second kappa shape index (κ2) is 6.79. The Morgan fingerprint density at radius 3 is 2.55 bits per heavy atom. The van der Waals surface area contributed by atoms with Crippen molar-refractivity contribution in [1.82, 2.24) is 19.9 Å². The molecule has 0 aromatic carbocycles. The smallest absolute Gasteiger partial charge is 0.224 e. The average molecular weight is 272 g/mol. The maximum Gasteiger partial charge on any atom is 0.224 e. The van der Waals surface area contributed by atoms with Crippen molar-refractivity contribution < 1.29 is 0 Å². The first kappa shape index (κ1) is 14.2. The van der Waals surface area contributed by atoms with Gasteiger partial charge in [0.25, 0.3) is 0 Å². The molecular formula is C14H20N6. The van der Waals surface area contributed by atoms with Crippen molar-refractivity contribution >= 4 is 11.8 Å². The quantitative estimate of drug-likeness (QED) is 0.840. The molecule has 0 atom stereocenters. The lowest BCUT2D eigenvalue weighted by Gasteiger charge is -2.09. The summed E-state index contributed by atoms with van der Waals surface area (Å²) >= 11 is 0. The number of hydrogen-bond acceptors (Lipinski definition) is 6. The number of nitrogens with one attached hydrogen (secondary N) is 2. The lowest BCUT2D eigenvalue weighted by Crippen LogP contribution is -2.09. The van der Waals surface area contributed by atoms with Crippen LogP contribution in [0.1, 0.15) is 30.4 Å². The summed E-state index contributed by atoms with van der Waals surface area (Å²) < 4.78 is 0. The topological polar surface area (TPSA) is 75.6 Å². The van der Waals surface area contributed by atoms with Crippen molar-refractivity contribution in [1.29, 1.82) is 0 Å². The third-order valence-electron chi connectivity index (χ3n) is 2.67. The van der Waals surface area contributed by atoms with Crippen LogP contribution in [0, 0.1) is 13.8 Å². The first-order chi connectivity index (χ1) is 9.67. The molecule has 0 saturated heterocycles. The van der Waals surface area contributed by atoms with Crippen LogP contribution >= 0.6 is 0 Å². The Bertz CT molecular complexity index is 552. The van der Waals surface area contributed by atoms with E-state index in [1.165, 1.54) is 0 Å². The molecule has 0 bridgehead atoms. The molecule has 2 aromatic heterocycles. The van der Waals surface area contributed by atoms with Crippen LogP contribution in [-0.4, -0.2) is 26.5 Å². The fourth-order valence-corrected chi connectivity index (χ4v) is 1.67.